The van der Waals surface area contributed by atoms with E-state index in [4.69, 9.17) is 5.73 Å². The van der Waals surface area contributed by atoms with Crippen LogP contribution in [0.3, 0.4) is 0 Å². The molecule has 0 aromatic heterocycles. The minimum absolute atomic E-state index is 0.0685. The summed E-state index contributed by atoms with van der Waals surface area (Å²) in [4.78, 5) is 24.9. The van der Waals surface area contributed by atoms with E-state index < -0.39 is 29.4 Å². The molecule has 0 bridgehead atoms. The van der Waals surface area contributed by atoms with E-state index in [1.807, 2.05) is 6.92 Å². The number of nitrogens with two attached hydrogens (primary N) is 1. The van der Waals surface area contributed by atoms with Gasteiger partial charge in [-0.15, -0.1) is 0 Å². The molecular formula is C14H16F2N2O2. The normalized spacial score (nSPS) is 22.1. The summed E-state index contributed by atoms with van der Waals surface area (Å²) in [6, 6.07) is 1.89. The van der Waals surface area contributed by atoms with E-state index in [1.165, 1.54) is 17.9 Å². The summed E-state index contributed by atoms with van der Waals surface area (Å²) in [7, 11) is 0. The van der Waals surface area contributed by atoms with Crippen molar-refractivity contribution in [3.8, 4) is 0 Å². The largest absolute Gasteiger partial charge is 0.369 e. The van der Waals surface area contributed by atoms with Crippen molar-refractivity contribution in [2.75, 3.05) is 13.1 Å². The molecule has 2 N–H and O–H groups in total. The van der Waals surface area contributed by atoms with Gasteiger partial charge >= 0.3 is 0 Å². The Balaban J connectivity index is 2.25. The lowest BCUT2D eigenvalue weighted by Crippen LogP contribution is -2.32. The monoisotopic (exact) mass is 282 g/mol. The maximum absolute atomic E-state index is 13.7. The third-order valence-corrected chi connectivity index (χ3v) is 3.74. The number of aryl methyl sites for hydroxylation is 1. The molecule has 1 aromatic rings. The Labute approximate surface area is 115 Å². The van der Waals surface area contributed by atoms with E-state index in [1.54, 1.807) is 0 Å². The average Bonchev–Trinajstić information content (AvgIpc) is 2.75. The van der Waals surface area contributed by atoms with E-state index in [-0.39, 0.29) is 23.6 Å². The van der Waals surface area contributed by atoms with Gasteiger partial charge in [-0.1, -0.05) is 6.92 Å². The zero-order valence-electron chi connectivity index (χ0n) is 11.3. The predicted molar refractivity (Wildman–Crippen MR) is 68.8 cm³/mol. The maximum atomic E-state index is 13.7. The molecule has 2 amide bonds. The van der Waals surface area contributed by atoms with Gasteiger partial charge < -0.3 is 10.6 Å². The Morgan fingerprint density at radius 1 is 1.25 bits per heavy atom. The first kappa shape index (κ1) is 14.4. The van der Waals surface area contributed by atoms with Gasteiger partial charge in [0.25, 0.3) is 5.91 Å². The van der Waals surface area contributed by atoms with Crippen molar-refractivity contribution in [1.82, 2.24) is 4.90 Å². The van der Waals surface area contributed by atoms with Crippen molar-refractivity contribution in [3.63, 3.8) is 0 Å². The number of hydrogen-bond donors (Lipinski definition) is 1. The number of carbonyl (C=O) groups excluding carboxylic acids is 2. The summed E-state index contributed by atoms with van der Waals surface area (Å²) in [6.45, 7) is 3.78. The zero-order valence-corrected chi connectivity index (χ0v) is 11.3. The minimum Gasteiger partial charge on any atom is -0.369 e. The molecule has 0 radical (unpaired) electrons. The first-order valence-electron chi connectivity index (χ1n) is 6.35. The van der Waals surface area contributed by atoms with Gasteiger partial charge in [-0.05, 0) is 24.5 Å². The number of likely N-dealkylation sites (tertiary alicyclic amines) is 1. The molecule has 6 heteroatoms. The first-order chi connectivity index (χ1) is 9.31. The third-order valence-electron chi connectivity index (χ3n) is 3.74. The maximum Gasteiger partial charge on any atom is 0.256 e. The fourth-order valence-corrected chi connectivity index (χ4v) is 2.49. The van der Waals surface area contributed by atoms with Crippen molar-refractivity contribution in [2.45, 2.75) is 13.8 Å². The smallest absolute Gasteiger partial charge is 0.256 e. The van der Waals surface area contributed by atoms with E-state index in [0.717, 1.165) is 0 Å². The van der Waals surface area contributed by atoms with Crippen LogP contribution in [0.1, 0.15) is 22.8 Å². The van der Waals surface area contributed by atoms with Gasteiger partial charge in [-0.2, -0.15) is 0 Å². The van der Waals surface area contributed by atoms with Gasteiger partial charge in [0, 0.05) is 19.2 Å². The molecule has 1 aliphatic rings. The van der Waals surface area contributed by atoms with Crippen molar-refractivity contribution in [2.24, 2.45) is 17.6 Å². The summed E-state index contributed by atoms with van der Waals surface area (Å²) < 4.78 is 26.9. The number of hydrogen-bond acceptors (Lipinski definition) is 2. The van der Waals surface area contributed by atoms with E-state index in [9.17, 15) is 18.4 Å². The minimum atomic E-state index is -0.895. The molecule has 4 nitrogen and oxygen atoms in total. The molecule has 1 heterocycles. The lowest BCUT2D eigenvalue weighted by molar-refractivity contribution is -0.122. The van der Waals surface area contributed by atoms with Crippen LogP contribution in [0.4, 0.5) is 8.78 Å². The van der Waals surface area contributed by atoms with E-state index in [2.05, 4.69) is 0 Å². The molecule has 1 aliphatic heterocycles. The number of benzene rings is 1. The molecule has 1 saturated heterocycles. The molecule has 2 rings (SSSR count). The molecular weight excluding hydrogens is 266 g/mol. The fraction of sp³-hybridized carbons (Fsp3) is 0.429. The summed E-state index contributed by atoms with van der Waals surface area (Å²) in [5, 5.41) is 0. The molecule has 0 saturated carbocycles. The summed E-state index contributed by atoms with van der Waals surface area (Å²) in [5.74, 6) is -3.09. The molecule has 1 fully saturated rings. The SMILES string of the molecule is Cc1cc(C(=O)N2C[C@@H](C)[C@H](C(N)=O)C2)c(F)cc1F. The van der Waals surface area contributed by atoms with Crippen molar-refractivity contribution >= 4 is 11.8 Å². The molecule has 0 unspecified atom stereocenters. The quantitative estimate of drug-likeness (QED) is 0.892. The Morgan fingerprint density at radius 3 is 2.45 bits per heavy atom. The lowest BCUT2D eigenvalue weighted by atomic mass is 9.98. The molecule has 0 spiro atoms. The second kappa shape index (κ2) is 5.19. The standard InChI is InChI=1S/C14H16F2N2O2/c1-7-3-9(12(16)4-11(7)15)14(20)18-5-8(2)10(6-18)13(17)19/h3-4,8,10H,5-6H2,1-2H3,(H2,17,19)/t8-,10-/m1/s1. The summed E-state index contributed by atoms with van der Waals surface area (Å²) >= 11 is 0. The number of primary amides is 1. The number of carbonyl (C=O) groups is 2. The fourth-order valence-electron chi connectivity index (χ4n) is 2.49. The van der Waals surface area contributed by atoms with Crippen LogP contribution in [0.2, 0.25) is 0 Å². The van der Waals surface area contributed by atoms with Crippen molar-refractivity contribution in [3.05, 3.63) is 34.9 Å². The third kappa shape index (κ3) is 2.50. The number of rotatable bonds is 2. The van der Waals surface area contributed by atoms with Gasteiger partial charge in [0.05, 0.1) is 11.5 Å². The Bertz CT molecular complexity index is 575. The van der Waals surface area contributed by atoms with Crippen LogP contribution in [0, 0.1) is 30.4 Å². The number of nitrogens with zero attached hydrogens (tertiary/aromatic N) is 1. The Morgan fingerprint density at radius 2 is 1.90 bits per heavy atom. The lowest BCUT2D eigenvalue weighted by Gasteiger charge is -2.17. The highest BCUT2D eigenvalue weighted by molar-refractivity contribution is 5.95. The molecule has 2 atom stereocenters. The molecule has 1 aromatic carbocycles. The zero-order chi connectivity index (χ0) is 15.0. The molecule has 108 valence electrons. The van der Waals surface area contributed by atoms with Crippen LogP contribution in [-0.4, -0.2) is 29.8 Å². The predicted octanol–water partition coefficient (Wildman–Crippen LogP) is 1.47. The van der Waals surface area contributed by atoms with Crippen LogP contribution in [0.25, 0.3) is 0 Å². The van der Waals surface area contributed by atoms with E-state index in [0.29, 0.717) is 12.6 Å². The Kier molecular flexibility index (Phi) is 3.74. The highest BCUT2D eigenvalue weighted by Crippen LogP contribution is 2.25. The Hall–Kier alpha value is -1.98. The van der Waals surface area contributed by atoms with Gasteiger partial charge in [-0.3, -0.25) is 9.59 Å². The van der Waals surface area contributed by atoms with Crippen LogP contribution >= 0.6 is 0 Å². The second-order valence-electron chi connectivity index (χ2n) is 5.28. The highest BCUT2D eigenvalue weighted by Gasteiger charge is 2.36. The van der Waals surface area contributed by atoms with Crippen LogP contribution in [-0.2, 0) is 4.79 Å². The average molecular weight is 282 g/mol. The van der Waals surface area contributed by atoms with Crippen LogP contribution in [0.15, 0.2) is 12.1 Å². The molecule has 0 aliphatic carbocycles. The number of amides is 2. The van der Waals surface area contributed by atoms with Gasteiger partial charge in [0.1, 0.15) is 11.6 Å². The van der Waals surface area contributed by atoms with Crippen LogP contribution < -0.4 is 5.73 Å². The second-order valence-corrected chi connectivity index (χ2v) is 5.28. The number of halogens is 2. The highest BCUT2D eigenvalue weighted by atomic mass is 19.1. The van der Waals surface area contributed by atoms with Crippen molar-refractivity contribution < 1.29 is 18.4 Å². The van der Waals surface area contributed by atoms with Gasteiger partial charge in [0.15, 0.2) is 0 Å². The molecule has 20 heavy (non-hydrogen) atoms. The van der Waals surface area contributed by atoms with Gasteiger partial charge in [0.2, 0.25) is 5.91 Å². The van der Waals surface area contributed by atoms with Crippen LogP contribution in [0.5, 0.6) is 0 Å². The summed E-state index contributed by atoms with van der Waals surface area (Å²) in [5.41, 5.74) is 5.29. The van der Waals surface area contributed by atoms with E-state index >= 15 is 0 Å². The van der Waals surface area contributed by atoms with Crippen molar-refractivity contribution in [1.29, 1.82) is 0 Å². The summed E-state index contributed by atoms with van der Waals surface area (Å²) in [6.07, 6.45) is 0. The first-order valence-corrected chi connectivity index (χ1v) is 6.35. The van der Waals surface area contributed by atoms with Gasteiger partial charge in [-0.25, -0.2) is 8.78 Å². The topological polar surface area (TPSA) is 63.4 Å².